The Bertz CT molecular complexity index is 1120. The number of aryl methyl sites for hydroxylation is 1. The number of ether oxygens (including phenoxy) is 3. The molecular formula is C23H28N4O5. The van der Waals surface area contributed by atoms with E-state index >= 15 is 0 Å². The molecule has 0 aliphatic rings. The highest BCUT2D eigenvalue weighted by molar-refractivity contribution is 6.04. The zero-order chi connectivity index (χ0) is 23.4. The highest BCUT2D eigenvalue weighted by atomic mass is 16.5. The molecule has 2 N–H and O–H groups in total. The number of benzene rings is 1. The summed E-state index contributed by atoms with van der Waals surface area (Å²) in [6.45, 7) is 3.73. The first-order chi connectivity index (χ1) is 15.3. The molecule has 3 aromatic rings. The molecule has 0 saturated carbocycles. The van der Waals surface area contributed by atoms with E-state index in [-0.39, 0.29) is 11.8 Å². The molecule has 32 heavy (non-hydrogen) atoms. The second-order valence-corrected chi connectivity index (χ2v) is 7.57. The van der Waals surface area contributed by atoms with Crippen molar-refractivity contribution in [2.24, 2.45) is 13.0 Å². The Kier molecular flexibility index (Phi) is 6.87. The molecule has 2 aromatic heterocycles. The van der Waals surface area contributed by atoms with Crippen molar-refractivity contribution in [2.75, 3.05) is 26.6 Å². The molecule has 1 aromatic carbocycles. The van der Waals surface area contributed by atoms with Crippen molar-refractivity contribution in [3.05, 3.63) is 42.2 Å². The summed E-state index contributed by atoms with van der Waals surface area (Å²) in [6.07, 6.45) is 1.59. The Balaban J connectivity index is 1.94. The van der Waals surface area contributed by atoms with Crippen molar-refractivity contribution >= 4 is 28.5 Å². The van der Waals surface area contributed by atoms with Crippen LogP contribution in [0.25, 0.3) is 10.9 Å². The molecule has 170 valence electrons. The molecule has 1 atom stereocenters. The summed E-state index contributed by atoms with van der Waals surface area (Å²) >= 11 is 0. The molecule has 2 heterocycles. The van der Waals surface area contributed by atoms with Crippen LogP contribution in [-0.4, -0.2) is 48.7 Å². The lowest BCUT2D eigenvalue weighted by Gasteiger charge is -2.21. The monoisotopic (exact) mass is 440 g/mol. The summed E-state index contributed by atoms with van der Waals surface area (Å²) in [7, 11) is 6.34. The molecule has 2 amide bonds. The van der Waals surface area contributed by atoms with Crippen molar-refractivity contribution in [2.45, 2.75) is 19.9 Å². The fourth-order valence-electron chi connectivity index (χ4n) is 3.59. The third-order valence-electron chi connectivity index (χ3n) is 5.21. The number of nitrogens with one attached hydrogen (secondary N) is 2. The molecule has 0 spiro atoms. The fraction of sp³-hybridized carbons (Fsp3) is 0.348. The maximum absolute atomic E-state index is 13.2. The van der Waals surface area contributed by atoms with Crippen LogP contribution in [0.4, 0.5) is 5.82 Å². The molecule has 0 radical (unpaired) electrons. The van der Waals surface area contributed by atoms with E-state index in [0.717, 1.165) is 5.39 Å². The Morgan fingerprint density at radius 1 is 1.03 bits per heavy atom. The number of rotatable bonds is 8. The summed E-state index contributed by atoms with van der Waals surface area (Å²) in [5.74, 6) is 0.926. The van der Waals surface area contributed by atoms with E-state index in [1.54, 1.807) is 48.1 Å². The van der Waals surface area contributed by atoms with Crippen molar-refractivity contribution in [1.29, 1.82) is 0 Å². The van der Waals surface area contributed by atoms with Gasteiger partial charge in [0.25, 0.3) is 5.91 Å². The van der Waals surface area contributed by atoms with Crippen molar-refractivity contribution in [1.82, 2.24) is 14.9 Å². The number of amides is 2. The number of methoxy groups -OCH3 is 3. The average Bonchev–Trinajstić information content (AvgIpc) is 3.12. The molecule has 0 bridgehead atoms. The maximum atomic E-state index is 13.2. The van der Waals surface area contributed by atoms with Gasteiger partial charge in [0, 0.05) is 18.6 Å². The molecule has 0 aliphatic heterocycles. The molecule has 0 saturated heterocycles. The van der Waals surface area contributed by atoms with Gasteiger partial charge in [-0.15, -0.1) is 0 Å². The number of pyridine rings is 1. The molecule has 0 aliphatic carbocycles. The van der Waals surface area contributed by atoms with Crippen LogP contribution in [0.5, 0.6) is 17.2 Å². The third-order valence-corrected chi connectivity index (χ3v) is 5.21. The summed E-state index contributed by atoms with van der Waals surface area (Å²) in [5, 5.41) is 6.33. The third kappa shape index (κ3) is 4.32. The number of hydrogen-bond acceptors (Lipinski definition) is 6. The normalized spacial score (nSPS) is 11.8. The van der Waals surface area contributed by atoms with Crippen molar-refractivity contribution in [3.8, 4) is 17.2 Å². The largest absolute Gasteiger partial charge is 0.493 e. The summed E-state index contributed by atoms with van der Waals surface area (Å²) in [4.78, 5) is 30.1. The van der Waals surface area contributed by atoms with Crippen LogP contribution in [-0.2, 0) is 11.8 Å². The number of nitrogens with zero attached hydrogens (tertiary/aromatic N) is 2. The van der Waals surface area contributed by atoms with Crippen LogP contribution >= 0.6 is 0 Å². The Morgan fingerprint density at radius 2 is 1.75 bits per heavy atom. The van der Waals surface area contributed by atoms with E-state index in [4.69, 9.17) is 14.2 Å². The van der Waals surface area contributed by atoms with E-state index in [1.807, 2.05) is 13.8 Å². The molecular weight excluding hydrogens is 412 g/mol. The van der Waals surface area contributed by atoms with Crippen LogP contribution in [0.15, 0.2) is 36.5 Å². The average molecular weight is 441 g/mol. The van der Waals surface area contributed by atoms with Crippen LogP contribution in [0.2, 0.25) is 0 Å². The lowest BCUT2D eigenvalue weighted by atomic mass is 10.0. The van der Waals surface area contributed by atoms with Gasteiger partial charge < -0.3 is 29.4 Å². The SMILES string of the molecule is COc1cc2cc(C(=O)N[C@H](C(=O)Nc3ccccn3)C(C)C)n(C)c2c(OC)c1OC. The molecule has 0 unspecified atom stereocenters. The number of hydrogen-bond donors (Lipinski definition) is 2. The summed E-state index contributed by atoms with van der Waals surface area (Å²) in [5.41, 5.74) is 1.04. The number of anilines is 1. The highest BCUT2D eigenvalue weighted by Crippen LogP contribution is 2.44. The second kappa shape index (κ2) is 9.59. The first-order valence-corrected chi connectivity index (χ1v) is 10.1. The quantitative estimate of drug-likeness (QED) is 0.558. The van der Waals surface area contributed by atoms with Crippen LogP contribution < -0.4 is 24.8 Å². The van der Waals surface area contributed by atoms with Crippen LogP contribution in [0.3, 0.4) is 0 Å². The molecule has 3 rings (SSSR count). The Morgan fingerprint density at radius 3 is 2.31 bits per heavy atom. The minimum absolute atomic E-state index is 0.146. The van der Waals surface area contributed by atoms with Gasteiger partial charge in [0.05, 0.1) is 26.8 Å². The zero-order valence-electron chi connectivity index (χ0n) is 19.1. The van der Waals surface area contributed by atoms with Gasteiger partial charge in [-0.05, 0) is 30.2 Å². The van der Waals surface area contributed by atoms with Gasteiger partial charge in [0.1, 0.15) is 17.6 Å². The first-order valence-electron chi connectivity index (χ1n) is 10.1. The summed E-state index contributed by atoms with van der Waals surface area (Å²) < 4.78 is 18.1. The minimum atomic E-state index is -0.756. The lowest BCUT2D eigenvalue weighted by molar-refractivity contribution is -0.118. The smallest absolute Gasteiger partial charge is 0.268 e. The number of carbonyl (C=O) groups excluding carboxylic acids is 2. The van der Waals surface area contributed by atoms with Gasteiger partial charge in [0.2, 0.25) is 11.7 Å². The molecule has 9 heteroatoms. The molecule has 0 fully saturated rings. The van der Waals surface area contributed by atoms with Gasteiger partial charge in [0.15, 0.2) is 11.5 Å². The van der Waals surface area contributed by atoms with E-state index < -0.39 is 11.9 Å². The minimum Gasteiger partial charge on any atom is -0.493 e. The maximum Gasteiger partial charge on any atom is 0.268 e. The van der Waals surface area contributed by atoms with E-state index in [9.17, 15) is 9.59 Å². The van der Waals surface area contributed by atoms with E-state index in [2.05, 4.69) is 15.6 Å². The zero-order valence-corrected chi connectivity index (χ0v) is 19.1. The fourth-order valence-corrected chi connectivity index (χ4v) is 3.59. The summed E-state index contributed by atoms with van der Waals surface area (Å²) in [6, 6.07) is 7.97. The van der Waals surface area contributed by atoms with Gasteiger partial charge in [-0.2, -0.15) is 0 Å². The molecule has 9 nitrogen and oxygen atoms in total. The van der Waals surface area contributed by atoms with E-state index in [1.165, 1.54) is 21.3 Å². The van der Waals surface area contributed by atoms with Crippen molar-refractivity contribution < 1.29 is 23.8 Å². The predicted octanol–water partition coefficient (Wildman–Crippen LogP) is 2.99. The number of carbonyl (C=O) groups is 2. The van der Waals surface area contributed by atoms with Crippen LogP contribution in [0, 0.1) is 5.92 Å². The van der Waals surface area contributed by atoms with Crippen molar-refractivity contribution in [3.63, 3.8) is 0 Å². The predicted molar refractivity (Wildman–Crippen MR) is 122 cm³/mol. The van der Waals surface area contributed by atoms with Crippen LogP contribution in [0.1, 0.15) is 24.3 Å². The van der Waals surface area contributed by atoms with Gasteiger partial charge in [-0.1, -0.05) is 19.9 Å². The lowest BCUT2D eigenvalue weighted by Crippen LogP contribution is -2.47. The number of aromatic nitrogens is 2. The highest BCUT2D eigenvalue weighted by Gasteiger charge is 2.28. The first kappa shape index (κ1) is 22.9. The number of fused-ring (bicyclic) bond motifs is 1. The van der Waals surface area contributed by atoms with Gasteiger partial charge >= 0.3 is 0 Å². The standard InChI is InChI=1S/C23H28N4O5/c1-13(2)18(23(29)25-17-9-7-8-10-24-17)26-22(28)15-11-14-12-16(30-4)20(31-5)21(32-6)19(14)27(15)3/h7-13,18H,1-6H3,(H,26,28)(H,24,25,29)/t18-/m0/s1. The topological polar surface area (TPSA) is 104 Å². The van der Waals surface area contributed by atoms with Gasteiger partial charge in [-0.25, -0.2) is 4.98 Å². The Labute approximate surface area is 186 Å². The Hall–Kier alpha value is -3.75. The van der Waals surface area contributed by atoms with E-state index in [0.29, 0.717) is 34.3 Å². The van der Waals surface area contributed by atoms with Gasteiger partial charge in [-0.3, -0.25) is 9.59 Å². The second-order valence-electron chi connectivity index (χ2n) is 7.57.